The van der Waals surface area contributed by atoms with Gasteiger partial charge in [0.05, 0.1) is 4.92 Å². The van der Waals surface area contributed by atoms with Crippen LogP contribution in [0.3, 0.4) is 0 Å². The summed E-state index contributed by atoms with van der Waals surface area (Å²) in [7, 11) is 0. The van der Waals surface area contributed by atoms with Crippen LogP contribution in [0.5, 0.6) is 0 Å². The van der Waals surface area contributed by atoms with Crippen LogP contribution in [0.1, 0.15) is 42.6 Å². The van der Waals surface area contributed by atoms with Gasteiger partial charge in [0.25, 0.3) is 5.69 Å². The standard InChI is InChI=1S/C16H17NO3/c1-11(2)12-6-8-13(9-7-12)16(18)14-4-3-5-15(10-14)17(19)20/h3-11,16,18H,1-2H3/t16-/m0/s1. The maximum atomic E-state index is 10.8. The van der Waals surface area contributed by atoms with E-state index in [1.165, 1.54) is 17.7 Å². The lowest BCUT2D eigenvalue weighted by Crippen LogP contribution is -2.01. The average molecular weight is 271 g/mol. The lowest BCUT2D eigenvalue weighted by atomic mass is 9.97. The summed E-state index contributed by atoms with van der Waals surface area (Å²) in [4.78, 5) is 10.3. The summed E-state index contributed by atoms with van der Waals surface area (Å²) < 4.78 is 0. The van der Waals surface area contributed by atoms with Crippen molar-refractivity contribution in [2.45, 2.75) is 25.9 Å². The van der Waals surface area contributed by atoms with Gasteiger partial charge in [-0.05, 0) is 22.6 Å². The molecule has 0 saturated carbocycles. The molecule has 0 radical (unpaired) electrons. The molecule has 0 bridgehead atoms. The smallest absolute Gasteiger partial charge is 0.269 e. The molecule has 1 atom stereocenters. The molecule has 0 spiro atoms. The van der Waals surface area contributed by atoms with Crippen molar-refractivity contribution in [1.82, 2.24) is 0 Å². The van der Waals surface area contributed by atoms with E-state index < -0.39 is 11.0 Å². The van der Waals surface area contributed by atoms with Crippen molar-refractivity contribution in [3.05, 3.63) is 75.3 Å². The molecule has 2 rings (SSSR count). The van der Waals surface area contributed by atoms with Crippen LogP contribution in [-0.2, 0) is 0 Å². The molecule has 0 aromatic heterocycles. The van der Waals surface area contributed by atoms with E-state index in [1.54, 1.807) is 12.1 Å². The highest BCUT2D eigenvalue weighted by Crippen LogP contribution is 2.26. The van der Waals surface area contributed by atoms with Crippen molar-refractivity contribution in [3.63, 3.8) is 0 Å². The summed E-state index contributed by atoms with van der Waals surface area (Å²) in [6.45, 7) is 4.21. The van der Waals surface area contributed by atoms with E-state index in [-0.39, 0.29) is 5.69 Å². The Morgan fingerprint density at radius 2 is 1.60 bits per heavy atom. The second-order valence-corrected chi connectivity index (χ2v) is 5.08. The Bertz CT molecular complexity index is 605. The molecule has 0 aliphatic rings. The first-order valence-electron chi connectivity index (χ1n) is 6.51. The summed E-state index contributed by atoms with van der Waals surface area (Å²) in [5, 5.41) is 21.1. The van der Waals surface area contributed by atoms with Crippen molar-refractivity contribution in [2.24, 2.45) is 0 Å². The summed E-state index contributed by atoms with van der Waals surface area (Å²) in [6, 6.07) is 13.8. The van der Waals surface area contributed by atoms with Gasteiger partial charge in [-0.25, -0.2) is 0 Å². The van der Waals surface area contributed by atoms with Gasteiger partial charge >= 0.3 is 0 Å². The zero-order valence-corrected chi connectivity index (χ0v) is 11.5. The van der Waals surface area contributed by atoms with Crippen LogP contribution >= 0.6 is 0 Å². The fraction of sp³-hybridized carbons (Fsp3) is 0.250. The molecule has 0 aliphatic heterocycles. The Morgan fingerprint density at radius 1 is 1.00 bits per heavy atom. The summed E-state index contributed by atoms with van der Waals surface area (Å²) in [5.74, 6) is 0.430. The number of non-ortho nitro benzene ring substituents is 1. The first-order chi connectivity index (χ1) is 9.49. The number of aliphatic hydroxyl groups is 1. The molecule has 0 amide bonds. The highest BCUT2D eigenvalue weighted by Gasteiger charge is 2.14. The molecule has 0 fully saturated rings. The van der Waals surface area contributed by atoms with E-state index in [0.29, 0.717) is 11.5 Å². The maximum Gasteiger partial charge on any atom is 0.269 e. The lowest BCUT2D eigenvalue weighted by molar-refractivity contribution is -0.385. The number of nitrogens with zero attached hydrogens (tertiary/aromatic N) is 1. The summed E-state index contributed by atoms with van der Waals surface area (Å²) in [6.07, 6.45) is -0.851. The average Bonchev–Trinajstić information content (AvgIpc) is 2.46. The Labute approximate surface area is 117 Å². The van der Waals surface area contributed by atoms with E-state index in [1.807, 2.05) is 24.3 Å². The minimum absolute atomic E-state index is 0.0136. The van der Waals surface area contributed by atoms with Gasteiger partial charge in [-0.1, -0.05) is 50.2 Å². The third-order valence-electron chi connectivity index (χ3n) is 3.32. The second kappa shape index (κ2) is 5.84. The van der Waals surface area contributed by atoms with Crippen LogP contribution in [0.25, 0.3) is 0 Å². The number of hydrogen-bond acceptors (Lipinski definition) is 3. The largest absolute Gasteiger partial charge is 0.384 e. The second-order valence-electron chi connectivity index (χ2n) is 5.08. The molecule has 2 aromatic carbocycles. The zero-order valence-electron chi connectivity index (χ0n) is 11.5. The lowest BCUT2D eigenvalue weighted by Gasteiger charge is -2.13. The third-order valence-corrected chi connectivity index (χ3v) is 3.32. The van der Waals surface area contributed by atoms with E-state index in [2.05, 4.69) is 13.8 Å². The Kier molecular flexibility index (Phi) is 4.15. The molecule has 104 valence electrons. The van der Waals surface area contributed by atoms with Crippen LogP contribution in [0.2, 0.25) is 0 Å². The zero-order chi connectivity index (χ0) is 14.7. The van der Waals surface area contributed by atoms with Crippen molar-refractivity contribution < 1.29 is 10.0 Å². The number of nitro groups is 1. The predicted octanol–water partition coefficient (Wildman–Crippen LogP) is 3.80. The summed E-state index contributed by atoms with van der Waals surface area (Å²) in [5.41, 5.74) is 2.44. The van der Waals surface area contributed by atoms with Gasteiger partial charge in [0.2, 0.25) is 0 Å². The highest BCUT2D eigenvalue weighted by atomic mass is 16.6. The van der Waals surface area contributed by atoms with Crippen LogP contribution in [-0.4, -0.2) is 10.0 Å². The highest BCUT2D eigenvalue weighted by molar-refractivity contribution is 5.39. The normalized spacial score (nSPS) is 12.4. The molecule has 4 heteroatoms. The minimum atomic E-state index is -0.851. The molecule has 0 saturated heterocycles. The Morgan fingerprint density at radius 3 is 2.15 bits per heavy atom. The van der Waals surface area contributed by atoms with Gasteiger partial charge in [-0.2, -0.15) is 0 Å². The van der Waals surface area contributed by atoms with Crippen molar-refractivity contribution >= 4 is 5.69 Å². The minimum Gasteiger partial charge on any atom is -0.384 e. The van der Waals surface area contributed by atoms with E-state index in [0.717, 1.165) is 5.56 Å². The fourth-order valence-electron chi connectivity index (χ4n) is 2.06. The molecule has 0 unspecified atom stereocenters. The predicted molar refractivity (Wildman–Crippen MR) is 77.7 cm³/mol. The van der Waals surface area contributed by atoms with Crippen LogP contribution in [0.15, 0.2) is 48.5 Å². The van der Waals surface area contributed by atoms with E-state index >= 15 is 0 Å². The van der Waals surface area contributed by atoms with Crippen molar-refractivity contribution in [2.75, 3.05) is 0 Å². The SMILES string of the molecule is CC(C)c1ccc([C@H](O)c2cccc([N+](=O)[O-])c2)cc1. The molecule has 2 aromatic rings. The number of aliphatic hydroxyl groups excluding tert-OH is 1. The van der Waals surface area contributed by atoms with Gasteiger partial charge in [0, 0.05) is 12.1 Å². The first-order valence-corrected chi connectivity index (χ1v) is 6.51. The topological polar surface area (TPSA) is 63.4 Å². The van der Waals surface area contributed by atoms with Gasteiger partial charge < -0.3 is 5.11 Å². The molecular weight excluding hydrogens is 254 g/mol. The van der Waals surface area contributed by atoms with Crippen molar-refractivity contribution in [1.29, 1.82) is 0 Å². The van der Waals surface area contributed by atoms with E-state index in [4.69, 9.17) is 0 Å². The van der Waals surface area contributed by atoms with Gasteiger partial charge in [0.15, 0.2) is 0 Å². The van der Waals surface area contributed by atoms with Crippen LogP contribution in [0, 0.1) is 10.1 Å². The fourth-order valence-corrected chi connectivity index (χ4v) is 2.06. The molecule has 20 heavy (non-hydrogen) atoms. The molecule has 4 nitrogen and oxygen atoms in total. The molecule has 0 heterocycles. The number of rotatable bonds is 4. The monoisotopic (exact) mass is 271 g/mol. The van der Waals surface area contributed by atoms with Crippen molar-refractivity contribution in [3.8, 4) is 0 Å². The maximum absolute atomic E-state index is 10.8. The Balaban J connectivity index is 2.28. The molecule has 1 N–H and O–H groups in total. The number of benzene rings is 2. The van der Waals surface area contributed by atoms with Crippen LogP contribution in [0.4, 0.5) is 5.69 Å². The van der Waals surface area contributed by atoms with Gasteiger partial charge in [-0.15, -0.1) is 0 Å². The Hall–Kier alpha value is -2.20. The van der Waals surface area contributed by atoms with Gasteiger partial charge in [0.1, 0.15) is 6.10 Å². The van der Waals surface area contributed by atoms with Gasteiger partial charge in [-0.3, -0.25) is 10.1 Å². The summed E-state index contributed by atoms with van der Waals surface area (Å²) >= 11 is 0. The third kappa shape index (κ3) is 3.03. The van der Waals surface area contributed by atoms with Crippen LogP contribution < -0.4 is 0 Å². The first kappa shape index (κ1) is 14.2. The van der Waals surface area contributed by atoms with E-state index in [9.17, 15) is 15.2 Å². The molecule has 0 aliphatic carbocycles. The molecular formula is C16H17NO3. The number of nitro benzene ring substituents is 1. The quantitative estimate of drug-likeness (QED) is 0.679. The number of hydrogen-bond donors (Lipinski definition) is 1.